The van der Waals surface area contributed by atoms with E-state index in [-0.39, 0.29) is 0 Å². The molecule has 9 heavy (non-hydrogen) atoms. The molecule has 1 unspecified atom stereocenters. The number of allylic oxidation sites excluding steroid dienone is 3. The van der Waals surface area contributed by atoms with Crippen LogP contribution in [-0.4, -0.2) is 0 Å². The zero-order chi connectivity index (χ0) is 7.28. The number of hydrogen-bond donors (Lipinski definition) is 0. The summed E-state index contributed by atoms with van der Waals surface area (Å²) in [5.74, 6) is 0.640. The molecule has 0 radical (unpaired) electrons. The smallest absolute Gasteiger partial charge is 0.0203 e. The van der Waals surface area contributed by atoms with Crippen molar-refractivity contribution in [2.24, 2.45) is 5.92 Å². The van der Waals surface area contributed by atoms with Crippen LogP contribution in [0.5, 0.6) is 0 Å². The molecular weight excluding hydrogens is 108 g/mol. The highest BCUT2D eigenvalue weighted by Gasteiger charge is 1.96. The number of rotatable bonds is 3. The fourth-order valence-corrected chi connectivity index (χ4v) is 0.541. The normalized spacial score (nSPS) is 14.1. The van der Waals surface area contributed by atoms with Crippen LogP contribution in [0.2, 0.25) is 0 Å². The highest BCUT2D eigenvalue weighted by molar-refractivity contribution is 4.97. The molecule has 0 aromatic heterocycles. The van der Waals surface area contributed by atoms with Crippen molar-refractivity contribution in [2.75, 3.05) is 0 Å². The van der Waals surface area contributed by atoms with E-state index in [1.165, 1.54) is 5.57 Å². The minimum atomic E-state index is 0.640. The monoisotopic (exact) mass is 124 g/mol. The van der Waals surface area contributed by atoms with E-state index in [1.807, 2.05) is 6.92 Å². The van der Waals surface area contributed by atoms with Crippen molar-refractivity contribution in [3.63, 3.8) is 0 Å². The molecule has 0 aromatic rings. The third-order valence-corrected chi connectivity index (χ3v) is 1.57. The minimum Gasteiger partial charge on any atom is -0.0999 e. The van der Waals surface area contributed by atoms with Gasteiger partial charge in [0.1, 0.15) is 0 Å². The van der Waals surface area contributed by atoms with Gasteiger partial charge in [0.25, 0.3) is 0 Å². The van der Waals surface area contributed by atoms with Crippen LogP contribution in [0.3, 0.4) is 0 Å². The van der Waals surface area contributed by atoms with Crippen LogP contribution in [0.25, 0.3) is 0 Å². The molecule has 1 atom stereocenters. The summed E-state index contributed by atoms with van der Waals surface area (Å²) in [7, 11) is 0. The van der Waals surface area contributed by atoms with Crippen LogP contribution >= 0.6 is 0 Å². The lowest BCUT2D eigenvalue weighted by atomic mass is 10.0. The average molecular weight is 124 g/mol. The quantitative estimate of drug-likeness (QED) is 0.507. The second-order valence-electron chi connectivity index (χ2n) is 2.55. The molecule has 52 valence electrons. The van der Waals surface area contributed by atoms with Crippen LogP contribution in [-0.2, 0) is 0 Å². The van der Waals surface area contributed by atoms with Crippen molar-refractivity contribution in [1.29, 1.82) is 0 Å². The van der Waals surface area contributed by atoms with Gasteiger partial charge in [-0.25, -0.2) is 0 Å². The molecule has 0 aliphatic heterocycles. The average Bonchev–Trinajstić information content (AvgIpc) is 1.82. The summed E-state index contributed by atoms with van der Waals surface area (Å²) in [5.41, 5.74) is 1.27. The van der Waals surface area contributed by atoms with Gasteiger partial charge in [-0.1, -0.05) is 31.2 Å². The molecule has 0 fully saturated rings. The van der Waals surface area contributed by atoms with Crippen molar-refractivity contribution >= 4 is 0 Å². The summed E-state index contributed by atoms with van der Waals surface area (Å²) < 4.78 is 0. The van der Waals surface area contributed by atoms with E-state index in [2.05, 4.69) is 32.6 Å². The van der Waals surface area contributed by atoms with Gasteiger partial charge in [-0.15, -0.1) is 0 Å². The molecule has 0 aromatic carbocycles. The predicted octanol–water partition coefficient (Wildman–Crippen LogP) is 3.16. The van der Waals surface area contributed by atoms with Crippen molar-refractivity contribution in [1.82, 2.24) is 0 Å². The molecule has 0 aliphatic rings. The Hall–Kier alpha value is -0.520. The summed E-state index contributed by atoms with van der Waals surface area (Å²) in [6, 6.07) is 0. The topological polar surface area (TPSA) is 0 Å². The Balaban J connectivity index is 3.50. The first-order valence-corrected chi connectivity index (χ1v) is 3.45. The Labute approximate surface area is 58.3 Å². The van der Waals surface area contributed by atoms with E-state index in [4.69, 9.17) is 0 Å². The highest BCUT2D eigenvalue weighted by atomic mass is 14.0. The van der Waals surface area contributed by atoms with Crippen LogP contribution < -0.4 is 0 Å². The maximum Gasteiger partial charge on any atom is -0.0203 e. The fourth-order valence-electron chi connectivity index (χ4n) is 0.541. The van der Waals surface area contributed by atoms with Crippen LogP contribution in [0, 0.1) is 5.92 Å². The highest BCUT2D eigenvalue weighted by Crippen LogP contribution is 2.11. The lowest BCUT2D eigenvalue weighted by molar-refractivity contribution is 0.697. The maximum atomic E-state index is 3.87. The molecule has 0 saturated heterocycles. The van der Waals surface area contributed by atoms with E-state index in [1.54, 1.807) is 0 Å². The molecule has 0 heterocycles. The van der Waals surface area contributed by atoms with Gasteiger partial charge in [-0.3, -0.25) is 0 Å². The Morgan fingerprint density at radius 1 is 1.67 bits per heavy atom. The molecule has 0 heteroatoms. The first-order valence-electron chi connectivity index (χ1n) is 3.45. The van der Waals surface area contributed by atoms with Crippen molar-refractivity contribution < 1.29 is 0 Å². The fraction of sp³-hybridized carbons (Fsp3) is 0.556. The molecular formula is C9H16. The van der Waals surface area contributed by atoms with E-state index < -0.39 is 0 Å². The summed E-state index contributed by atoms with van der Waals surface area (Å²) in [6.45, 7) is 10.2. The standard InChI is InChI=1S/C9H16/c1-5-6-7-9(4)8(2)3/h5-6,9H,2,7H2,1,3-4H3/b6-5+. The summed E-state index contributed by atoms with van der Waals surface area (Å²) in [6.07, 6.45) is 5.39. The van der Waals surface area contributed by atoms with Gasteiger partial charge in [0.15, 0.2) is 0 Å². The third kappa shape index (κ3) is 4.01. The summed E-state index contributed by atoms with van der Waals surface area (Å²) in [5, 5.41) is 0. The van der Waals surface area contributed by atoms with Gasteiger partial charge in [0.2, 0.25) is 0 Å². The molecule has 0 N–H and O–H groups in total. The van der Waals surface area contributed by atoms with Crippen molar-refractivity contribution in [2.45, 2.75) is 27.2 Å². The van der Waals surface area contributed by atoms with Gasteiger partial charge in [-0.05, 0) is 26.2 Å². The lowest BCUT2D eigenvalue weighted by Gasteiger charge is -2.05. The van der Waals surface area contributed by atoms with Crippen molar-refractivity contribution in [3.8, 4) is 0 Å². The maximum absolute atomic E-state index is 3.87. The molecule has 0 nitrogen and oxygen atoms in total. The molecule has 0 spiro atoms. The zero-order valence-corrected chi connectivity index (χ0v) is 6.65. The van der Waals surface area contributed by atoms with Gasteiger partial charge < -0.3 is 0 Å². The van der Waals surface area contributed by atoms with Crippen molar-refractivity contribution in [3.05, 3.63) is 24.3 Å². The predicted molar refractivity (Wildman–Crippen MR) is 43.4 cm³/mol. The molecule has 0 bridgehead atoms. The van der Waals surface area contributed by atoms with Crippen LogP contribution in [0.4, 0.5) is 0 Å². The van der Waals surface area contributed by atoms with Gasteiger partial charge >= 0.3 is 0 Å². The summed E-state index contributed by atoms with van der Waals surface area (Å²) >= 11 is 0. The molecule has 0 amide bonds. The second kappa shape index (κ2) is 4.37. The van der Waals surface area contributed by atoms with Gasteiger partial charge in [0, 0.05) is 0 Å². The first kappa shape index (κ1) is 8.48. The largest absolute Gasteiger partial charge is 0.0999 e. The Bertz CT molecular complexity index is 109. The minimum absolute atomic E-state index is 0.640. The van der Waals surface area contributed by atoms with E-state index in [0.29, 0.717) is 5.92 Å². The SMILES string of the molecule is C=C(C)C(C)C/C=C/C. The number of hydrogen-bond acceptors (Lipinski definition) is 0. The first-order chi connectivity index (χ1) is 4.18. The Morgan fingerprint density at radius 3 is 2.56 bits per heavy atom. The Morgan fingerprint density at radius 2 is 2.22 bits per heavy atom. The lowest BCUT2D eigenvalue weighted by Crippen LogP contribution is -1.91. The van der Waals surface area contributed by atoms with E-state index in [9.17, 15) is 0 Å². The van der Waals surface area contributed by atoms with E-state index >= 15 is 0 Å². The van der Waals surface area contributed by atoms with Gasteiger partial charge in [-0.2, -0.15) is 0 Å². The second-order valence-corrected chi connectivity index (χ2v) is 2.55. The van der Waals surface area contributed by atoms with Gasteiger partial charge in [0.05, 0.1) is 0 Å². The van der Waals surface area contributed by atoms with Crippen LogP contribution in [0.15, 0.2) is 24.3 Å². The molecule has 0 rings (SSSR count). The zero-order valence-electron chi connectivity index (χ0n) is 6.65. The van der Waals surface area contributed by atoms with Crippen LogP contribution in [0.1, 0.15) is 27.2 Å². The molecule has 0 aliphatic carbocycles. The Kier molecular flexibility index (Phi) is 4.12. The third-order valence-electron chi connectivity index (χ3n) is 1.57. The molecule has 0 saturated carbocycles. The van der Waals surface area contributed by atoms with E-state index in [0.717, 1.165) is 6.42 Å². The summed E-state index contributed by atoms with van der Waals surface area (Å²) in [4.78, 5) is 0.